The smallest absolute Gasteiger partial charge is 0.147 e. The van der Waals surface area contributed by atoms with Crippen LogP contribution in [0.1, 0.15) is 0 Å². The van der Waals surface area contributed by atoms with Gasteiger partial charge in [0.05, 0.1) is 0 Å². The van der Waals surface area contributed by atoms with Crippen LogP contribution in [-0.4, -0.2) is 5.16 Å². The van der Waals surface area contributed by atoms with E-state index in [0.717, 1.165) is 5.56 Å². The van der Waals surface area contributed by atoms with Crippen molar-refractivity contribution < 1.29 is 4.52 Å². The van der Waals surface area contributed by atoms with Crippen LogP contribution in [0.2, 0.25) is 0 Å². The number of benzene rings is 1. The van der Waals surface area contributed by atoms with Gasteiger partial charge >= 0.3 is 0 Å². The number of nitrogens with zero attached hydrogens (tertiary/aromatic N) is 1. The van der Waals surface area contributed by atoms with E-state index in [4.69, 9.17) is 10.3 Å². The van der Waals surface area contributed by atoms with Crippen LogP contribution in [0, 0.1) is 0 Å². The molecule has 0 saturated carbocycles. The number of anilines is 1. The molecule has 0 unspecified atom stereocenters. The van der Waals surface area contributed by atoms with Gasteiger partial charge in [0.25, 0.3) is 0 Å². The van der Waals surface area contributed by atoms with Gasteiger partial charge in [0, 0.05) is 5.56 Å². The molecular weight excluding hydrogens is 188 g/mol. The van der Waals surface area contributed by atoms with Crippen LogP contribution >= 0.6 is 12.4 Å². The first-order valence-corrected chi connectivity index (χ1v) is 3.63. The van der Waals surface area contributed by atoms with E-state index < -0.39 is 0 Å². The Morgan fingerprint density at radius 1 is 1.15 bits per heavy atom. The standard InChI is InChI=1S/C9H8N2O.ClH/c10-8-6-12-11-9(8)7-4-2-1-3-5-7;/h1-6H,10H2;1H. The summed E-state index contributed by atoms with van der Waals surface area (Å²) < 4.78 is 4.72. The molecule has 0 bridgehead atoms. The summed E-state index contributed by atoms with van der Waals surface area (Å²) in [7, 11) is 0. The third-order valence-corrected chi connectivity index (χ3v) is 1.64. The maximum atomic E-state index is 5.62. The lowest BCUT2D eigenvalue weighted by Gasteiger charge is -1.94. The van der Waals surface area contributed by atoms with E-state index >= 15 is 0 Å². The van der Waals surface area contributed by atoms with Crippen molar-refractivity contribution in [1.29, 1.82) is 0 Å². The fourth-order valence-corrected chi connectivity index (χ4v) is 1.06. The van der Waals surface area contributed by atoms with Gasteiger partial charge in [-0.15, -0.1) is 12.4 Å². The number of rotatable bonds is 1. The Morgan fingerprint density at radius 3 is 2.38 bits per heavy atom. The van der Waals surface area contributed by atoms with Crippen LogP contribution < -0.4 is 5.73 Å². The van der Waals surface area contributed by atoms with E-state index in [1.165, 1.54) is 6.26 Å². The fraction of sp³-hybridized carbons (Fsp3) is 0. The molecule has 4 heteroatoms. The molecule has 0 amide bonds. The second-order valence-electron chi connectivity index (χ2n) is 2.48. The normalized spacial score (nSPS) is 9.23. The largest absolute Gasteiger partial charge is 0.394 e. The van der Waals surface area contributed by atoms with Crippen molar-refractivity contribution in [3.63, 3.8) is 0 Å². The average Bonchev–Trinajstić information content (AvgIpc) is 2.53. The minimum atomic E-state index is 0. The lowest BCUT2D eigenvalue weighted by atomic mass is 10.1. The molecule has 13 heavy (non-hydrogen) atoms. The van der Waals surface area contributed by atoms with Gasteiger partial charge in [0.15, 0.2) is 0 Å². The number of hydrogen-bond acceptors (Lipinski definition) is 3. The van der Waals surface area contributed by atoms with Gasteiger partial charge in [-0.05, 0) is 0 Å². The molecule has 3 nitrogen and oxygen atoms in total. The van der Waals surface area contributed by atoms with Crippen molar-refractivity contribution in [3.8, 4) is 11.3 Å². The van der Waals surface area contributed by atoms with Crippen LogP contribution in [0.4, 0.5) is 5.69 Å². The molecule has 1 aromatic heterocycles. The molecule has 0 atom stereocenters. The first kappa shape index (κ1) is 9.61. The summed E-state index contributed by atoms with van der Waals surface area (Å²) in [5.74, 6) is 0. The molecule has 0 aliphatic rings. The van der Waals surface area contributed by atoms with Gasteiger partial charge in [0.1, 0.15) is 17.6 Å². The Hall–Kier alpha value is -1.48. The summed E-state index contributed by atoms with van der Waals surface area (Å²) in [6.45, 7) is 0. The van der Waals surface area contributed by atoms with Gasteiger partial charge in [-0.1, -0.05) is 35.5 Å². The molecule has 0 spiro atoms. The summed E-state index contributed by atoms with van der Waals surface area (Å²) in [6, 6.07) is 9.69. The predicted molar refractivity (Wildman–Crippen MR) is 53.6 cm³/mol. The summed E-state index contributed by atoms with van der Waals surface area (Å²) in [6.07, 6.45) is 1.43. The number of aromatic nitrogens is 1. The van der Waals surface area contributed by atoms with E-state index in [-0.39, 0.29) is 12.4 Å². The van der Waals surface area contributed by atoms with Crippen LogP contribution in [0.15, 0.2) is 41.1 Å². The molecule has 0 aliphatic heterocycles. The average molecular weight is 197 g/mol. The molecule has 1 aromatic carbocycles. The zero-order valence-electron chi connectivity index (χ0n) is 6.81. The molecule has 0 radical (unpaired) electrons. The molecule has 0 aliphatic carbocycles. The predicted octanol–water partition coefficient (Wildman–Crippen LogP) is 2.35. The molecule has 1 heterocycles. The highest BCUT2D eigenvalue weighted by Crippen LogP contribution is 2.22. The highest BCUT2D eigenvalue weighted by Gasteiger charge is 2.04. The Morgan fingerprint density at radius 2 is 1.85 bits per heavy atom. The first-order valence-electron chi connectivity index (χ1n) is 3.63. The SMILES string of the molecule is Cl.Nc1conc1-c1ccccc1. The molecular formula is C9H9ClN2O. The summed E-state index contributed by atoms with van der Waals surface area (Å²) >= 11 is 0. The minimum absolute atomic E-state index is 0. The quantitative estimate of drug-likeness (QED) is 0.762. The van der Waals surface area contributed by atoms with Crippen LogP contribution in [0.3, 0.4) is 0 Å². The van der Waals surface area contributed by atoms with Crippen LogP contribution in [0.25, 0.3) is 11.3 Å². The zero-order chi connectivity index (χ0) is 8.39. The first-order chi connectivity index (χ1) is 5.88. The van der Waals surface area contributed by atoms with Gasteiger partial charge in [0.2, 0.25) is 0 Å². The number of nitrogen functional groups attached to an aromatic ring is 1. The molecule has 0 saturated heterocycles. The lowest BCUT2D eigenvalue weighted by molar-refractivity contribution is 0.423. The second-order valence-corrected chi connectivity index (χ2v) is 2.48. The Kier molecular flexibility index (Phi) is 2.93. The maximum Gasteiger partial charge on any atom is 0.147 e. The second kappa shape index (κ2) is 3.96. The summed E-state index contributed by atoms with van der Waals surface area (Å²) in [5, 5.41) is 3.79. The van der Waals surface area contributed by atoms with E-state index in [0.29, 0.717) is 11.4 Å². The van der Waals surface area contributed by atoms with Crippen LogP contribution in [-0.2, 0) is 0 Å². The topological polar surface area (TPSA) is 52.0 Å². The highest BCUT2D eigenvalue weighted by atomic mass is 35.5. The van der Waals surface area contributed by atoms with E-state index in [1.54, 1.807) is 0 Å². The van der Waals surface area contributed by atoms with Crippen molar-refractivity contribution in [3.05, 3.63) is 36.6 Å². The molecule has 68 valence electrons. The Bertz CT molecular complexity index is 372. The third kappa shape index (κ3) is 1.81. The molecule has 2 rings (SSSR count). The van der Waals surface area contributed by atoms with Gasteiger partial charge in [-0.2, -0.15) is 0 Å². The van der Waals surface area contributed by atoms with E-state index in [1.807, 2.05) is 30.3 Å². The van der Waals surface area contributed by atoms with Gasteiger partial charge in [-0.25, -0.2) is 0 Å². The van der Waals surface area contributed by atoms with Crippen molar-refractivity contribution >= 4 is 18.1 Å². The van der Waals surface area contributed by atoms with Crippen molar-refractivity contribution in [2.75, 3.05) is 5.73 Å². The minimum Gasteiger partial charge on any atom is -0.394 e. The van der Waals surface area contributed by atoms with Crippen molar-refractivity contribution in [2.45, 2.75) is 0 Å². The van der Waals surface area contributed by atoms with Crippen molar-refractivity contribution in [1.82, 2.24) is 5.16 Å². The maximum absolute atomic E-state index is 5.62. The van der Waals surface area contributed by atoms with Gasteiger partial charge < -0.3 is 10.3 Å². The highest BCUT2D eigenvalue weighted by molar-refractivity contribution is 5.85. The monoisotopic (exact) mass is 196 g/mol. The third-order valence-electron chi connectivity index (χ3n) is 1.64. The number of nitrogens with two attached hydrogens (primary N) is 1. The fourth-order valence-electron chi connectivity index (χ4n) is 1.06. The van der Waals surface area contributed by atoms with Crippen LogP contribution in [0.5, 0.6) is 0 Å². The summed E-state index contributed by atoms with van der Waals surface area (Å²) in [5.41, 5.74) is 7.87. The summed E-state index contributed by atoms with van der Waals surface area (Å²) in [4.78, 5) is 0. The zero-order valence-corrected chi connectivity index (χ0v) is 7.62. The number of hydrogen-bond donors (Lipinski definition) is 1. The molecule has 2 N–H and O–H groups in total. The lowest BCUT2D eigenvalue weighted by Crippen LogP contribution is -1.85. The van der Waals surface area contributed by atoms with Gasteiger partial charge in [-0.3, -0.25) is 0 Å². The Labute approximate surface area is 81.9 Å². The Balaban J connectivity index is 0.000000845. The molecule has 0 fully saturated rings. The number of halogens is 1. The van der Waals surface area contributed by atoms with Crippen molar-refractivity contribution in [2.24, 2.45) is 0 Å². The van der Waals surface area contributed by atoms with E-state index in [9.17, 15) is 0 Å². The molecule has 2 aromatic rings. The van der Waals surface area contributed by atoms with E-state index in [2.05, 4.69) is 5.16 Å².